The van der Waals surface area contributed by atoms with E-state index in [2.05, 4.69) is 16.0 Å². The molecule has 8 heteroatoms. The Morgan fingerprint density at radius 2 is 1.62 bits per heavy atom. The Kier molecular flexibility index (Phi) is 6.30. The molecule has 2 fully saturated rings. The molecule has 170 valence electrons. The number of hydrogen-bond acceptors (Lipinski definition) is 5. The van der Waals surface area contributed by atoms with Gasteiger partial charge in [0, 0.05) is 56.6 Å². The number of nitrogens with one attached hydrogen (secondary N) is 1. The normalized spacial score (nSPS) is 19.2. The highest BCUT2D eigenvalue weighted by atomic mass is 16.2. The lowest BCUT2D eigenvalue weighted by Crippen LogP contribution is -2.53. The highest BCUT2D eigenvalue weighted by Gasteiger charge is 2.33. The predicted octanol–water partition coefficient (Wildman–Crippen LogP) is 1.90. The van der Waals surface area contributed by atoms with E-state index >= 15 is 0 Å². The lowest BCUT2D eigenvalue weighted by molar-refractivity contribution is -0.137. The average molecular weight is 438 g/mol. The zero-order valence-corrected chi connectivity index (χ0v) is 19.1. The maximum atomic E-state index is 13.2. The molecule has 1 atom stereocenters. The Balaban J connectivity index is 1.37. The Labute approximate surface area is 188 Å². The van der Waals surface area contributed by atoms with Crippen molar-refractivity contribution < 1.29 is 9.59 Å². The lowest BCUT2D eigenvalue weighted by atomic mass is 9.95. The first-order chi connectivity index (χ1) is 15.3. The van der Waals surface area contributed by atoms with Crippen molar-refractivity contribution in [2.24, 2.45) is 5.92 Å². The summed E-state index contributed by atoms with van der Waals surface area (Å²) in [4.78, 5) is 50.9. The Hall–Kier alpha value is -3.16. The molecular formula is C24H31N5O3. The van der Waals surface area contributed by atoms with Gasteiger partial charge in [0.1, 0.15) is 0 Å². The van der Waals surface area contributed by atoms with Crippen molar-refractivity contribution in [1.29, 1.82) is 0 Å². The van der Waals surface area contributed by atoms with Gasteiger partial charge in [0.25, 0.3) is 11.5 Å². The van der Waals surface area contributed by atoms with Crippen LogP contribution in [0.3, 0.4) is 0 Å². The molecule has 2 aromatic rings. The fraction of sp³-hybridized carbons (Fsp3) is 0.500. The minimum absolute atomic E-state index is 0.00796. The second kappa shape index (κ2) is 9.14. The third-order valence-electron chi connectivity index (χ3n) is 6.27. The molecule has 2 saturated heterocycles. The number of aryl methyl sites for hydroxylation is 3. The van der Waals surface area contributed by atoms with E-state index in [9.17, 15) is 14.4 Å². The van der Waals surface area contributed by atoms with Crippen molar-refractivity contribution in [3.8, 4) is 0 Å². The number of likely N-dealkylation sites (tertiary alicyclic amines) is 1. The molecule has 0 spiro atoms. The van der Waals surface area contributed by atoms with Crippen LogP contribution in [0, 0.1) is 26.7 Å². The minimum Gasteiger partial charge on any atom is -0.339 e. The highest BCUT2D eigenvalue weighted by Crippen LogP contribution is 2.22. The first-order valence-electron chi connectivity index (χ1n) is 11.3. The average Bonchev–Trinajstić information content (AvgIpc) is 2.77. The zero-order chi connectivity index (χ0) is 22.8. The van der Waals surface area contributed by atoms with E-state index < -0.39 is 0 Å². The number of H-pyrrole nitrogens is 1. The fourth-order valence-corrected chi connectivity index (χ4v) is 4.75. The summed E-state index contributed by atoms with van der Waals surface area (Å²) in [5.41, 5.74) is 3.35. The van der Waals surface area contributed by atoms with E-state index in [0.29, 0.717) is 56.5 Å². The molecule has 0 aliphatic carbocycles. The van der Waals surface area contributed by atoms with Gasteiger partial charge in [-0.2, -0.15) is 0 Å². The number of piperidine rings is 1. The minimum atomic E-state index is -0.165. The number of piperazine rings is 1. The van der Waals surface area contributed by atoms with Crippen LogP contribution in [0.4, 0.5) is 5.95 Å². The van der Waals surface area contributed by atoms with E-state index in [1.54, 1.807) is 6.92 Å². The number of carbonyl (C=O) groups is 2. The third kappa shape index (κ3) is 4.84. The summed E-state index contributed by atoms with van der Waals surface area (Å²) in [5.74, 6) is 0.522. The maximum absolute atomic E-state index is 13.2. The SMILES string of the molecule is Cc1cc(C)cc(C(=O)N2CCCC(C(=O)N3CCN(c4nc(C)cc(=O)[nH]4)CC3)C2)c1. The molecule has 32 heavy (non-hydrogen) atoms. The fourth-order valence-electron chi connectivity index (χ4n) is 4.75. The van der Waals surface area contributed by atoms with Crippen LogP contribution in [-0.4, -0.2) is 70.9 Å². The molecule has 1 aromatic carbocycles. The van der Waals surface area contributed by atoms with Crippen LogP contribution >= 0.6 is 0 Å². The monoisotopic (exact) mass is 437 g/mol. The molecule has 1 N–H and O–H groups in total. The number of carbonyl (C=O) groups excluding carboxylic acids is 2. The van der Waals surface area contributed by atoms with Gasteiger partial charge in [-0.25, -0.2) is 4.98 Å². The number of aromatic amines is 1. The van der Waals surface area contributed by atoms with Crippen molar-refractivity contribution in [3.05, 3.63) is 57.0 Å². The van der Waals surface area contributed by atoms with E-state index in [4.69, 9.17) is 0 Å². The summed E-state index contributed by atoms with van der Waals surface area (Å²) in [5, 5.41) is 0. The molecule has 0 radical (unpaired) electrons. The summed E-state index contributed by atoms with van der Waals surface area (Å²) in [6.45, 7) is 9.35. The van der Waals surface area contributed by atoms with Crippen LogP contribution in [0.1, 0.15) is 40.0 Å². The van der Waals surface area contributed by atoms with Gasteiger partial charge in [0.2, 0.25) is 11.9 Å². The van der Waals surface area contributed by atoms with Gasteiger partial charge in [-0.05, 0) is 45.7 Å². The first kappa shape index (κ1) is 22.0. The van der Waals surface area contributed by atoms with Crippen LogP contribution in [0.15, 0.2) is 29.1 Å². The van der Waals surface area contributed by atoms with Crippen LogP contribution < -0.4 is 10.5 Å². The second-order valence-electron chi connectivity index (χ2n) is 8.99. The van der Waals surface area contributed by atoms with E-state index in [0.717, 1.165) is 24.0 Å². The van der Waals surface area contributed by atoms with Gasteiger partial charge in [0.15, 0.2) is 0 Å². The highest BCUT2D eigenvalue weighted by molar-refractivity contribution is 5.95. The summed E-state index contributed by atoms with van der Waals surface area (Å²) in [6.07, 6.45) is 1.64. The first-order valence-corrected chi connectivity index (χ1v) is 11.3. The summed E-state index contributed by atoms with van der Waals surface area (Å²) >= 11 is 0. The van der Waals surface area contributed by atoms with Crippen molar-refractivity contribution in [2.75, 3.05) is 44.2 Å². The molecule has 2 amide bonds. The Morgan fingerprint density at radius 3 is 2.28 bits per heavy atom. The van der Waals surface area contributed by atoms with Crippen LogP contribution in [-0.2, 0) is 4.79 Å². The smallest absolute Gasteiger partial charge is 0.253 e. The van der Waals surface area contributed by atoms with Crippen LogP contribution in [0.25, 0.3) is 0 Å². The van der Waals surface area contributed by atoms with Crippen molar-refractivity contribution in [2.45, 2.75) is 33.6 Å². The topological polar surface area (TPSA) is 89.6 Å². The second-order valence-corrected chi connectivity index (χ2v) is 8.99. The number of anilines is 1. The van der Waals surface area contributed by atoms with E-state index in [1.807, 2.05) is 40.7 Å². The molecule has 2 aliphatic rings. The quantitative estimate of drug-likeness (QED) is 0.792. The molecule has 0 saturated carbocycles. The maximum Gasteiger partial charge on any atom is 0.253 e. The van der Waals surface area contributed by atoms with E-state index in [-0.39, 0.29) is 23.3 Å². The van der Waals surface area contributed by atoms with Crippen LogP contribution in [0.2, 0.25) is 0 Å². The Bertz CT molecular complexity index is 1050. The standard InChI is InChI=1S/C24H31N5O3/c1-16-11-17(2)13-20(12-16)23(32)29-6-4-5-19(15-29)22(31)27-7-9-28(10-8-27)24-25-18(3)14-21(30)26-24/h11-14,19H,4-10,15H2,1-3H3,(H,25,26,30). The number of hydrogen-bond donors (Lipinski definition) is 1. The molecule has 0 bridgehead atoms. The van der Waals surface area contributed by atoms with E-state index in [1.165, 1.54) is 6.07 Å². The van der Waals surface area contributed by atoms with Gasteiger partial charge in [-0.15, -0.1) is 0 Å². The lowest BCUT2D eigenvalue weighted by Gasteiger charge is -2.39. The molecule has 3 heterocycles. The van der Waals surface area contributed by atoms with Gasteiger partial charge in [-0.3, -0.25) is 19.4 Å². The van der Waals surface area contributed by atoms with Gasteiger partial charge < -0.3 is 14.7 Å². The zero-order valence-electron chi connectivity index (χ0n) is 19.1. The predicted molar refractivity (Wildman–Crippen MR) is 123 cm³/mol. The summed E-state index contributed by atoms with van der Waals surface area (Å²) in [7, 11) is 0. The molecular weight excluding hydrogens is 406 g/mol. The van der Waals surface area contributed by atoms with Gasteiger partial charge in [0.05, 0.1) is 5.92 Å². The largest absolute Gasteiger partial charge is 0.339 e. The Morgan fingerprint density at radius 1 is 0.938 bits per heavy atom. The number of aromatic nitrogens is 2. The molecule has 1 unspecified atom stereocenters. The van der Waals surface area contributed by atoms with Crippen molar-refractivity contribution in [1.82, 2.24) is 19.8 Å². The molecule has 2 aliphatic heterocycles. The third-order valence-corrected chi connectivity index (χ3v) is 6.27. The number of nitrogens with zero attached hydrogens (tertiary/aromatic N) is 4. The number of rotatable bonds is 3. The number of amides is 2. The van der Waals surface area contributed by atoms with Gasteiger partial charge >= 0.3 is 0 Å². The van der Waals surface area contributed by atoms with Crippen LogP contribution in [0.5, 0.6) is 0 Å². The van der Waals surface area contributed by atoms with Crippen molar-refractivity contribution in [3.63, 3.8) is 0 Å². The molecule has 1 aromatic heterocycles. The van der Waals surface area contributed by atoms with Gasteiger partial charge in [-0.1, -0.05) is 17.2 Å². The summed E-state index contributed by atoms with van der Waals surface area (Å²) < 4.78 is 0. The number of benzene rings is 1. The molecule has 8 nitrogen and oxygen atoms in total. The van der Waals surface area contributed by atoms with Crippen molar-refractivity contribution >= 4 is 17.8 Å². The molecule has 4 rings (SSSR count). The summed E-state index contributed by atoms with van der Waals surface area (Å²) in [6, 6.07) is 7.37.